The molecule has 10 nitrogen and oxygen atoms in total. The summed E-state index contributed by atoms with van der Waals surface area (Å²) in [5.41, 5.74) is 6.07. The highest BCUT2D eigenvalue weighted by Crippen LogP contribution is 2.27. The lowest BCUT2D eigenvalue weighted by atomic mass is 10.1. The maximum absolute atomic E-state index is 12.5. The van der Waals surface area contributed by atoms with Gasteiger partial charge in [-0.2, -0.15) is 0 Å². The number of hydrogen-bond acceptors (Lipinski definition) is 7. The minimum absolute atomic E-state index is 0.0344. The molecule has 3 amide bonds. The van der Waals surface area contributed by atoms with E-state index in [9.17, 15) is 24.5 Å². The average Bonchev–Trinajstić information content (AvgIpc) is 3.11. The number of nitro groups is 1. The third kappa shape index (κ3) is 5.00. The predicted octanol–water partition coefficient (Wildman–Crippen LogP) is 0.0583. The van der Waals surface area contributed by atoms with Crippen molar-refractivity contribution in [1.82, 2.24) is 10.6 Å². The number of imide groups is 1. The molecule has 1 aromatic carbocycles. The fourth-order valence-electron chi connectivity index (χ4n) is 2.84. The van der Waals surface area contributed by atoms with Crippen molar-refractivity contribution < 1.29 is 19.3 Å². The summed E-state index contributed by atoms with van der Waals surface area (Å²) in [6.45, 7) is 3.55. The summed E-state index contributed by atoms with van der Waals surface area (Å²) in [5, 5.41) is 15.5. The zero-order valence-electron chi connectivity index (χ0n) is 15.2. The Morgan fingerprint density at radius 2 is 1.85 bits per heavy atom. The highest BCUT2D eigenvalue weighted by atomic mass is 16.6. The molecule has 1 aromatic rings. The summed E-state index contributed by atoms with van der Waals surface area (Å²) >= 11 is 0. The monoisotopic (exact) mass is 377 g/mol. The zero-order chi connectivity index (χ0) is 20.1. The minimum atomic E-state index is -0.901. The van der Waals surface area contributed by atoms with E-state index in [2.05, 4.69) is 10.6 Å². The Balaban J connectivity index is 2.01. The van der Waals surface area contributed by atoms with Gasteiger partial charge in [-0.05, 0) is 38.8 Å². The van der Waals surface area contributed by atoms with Crippen molar-refractivity contribution >= 4 is 29.1 Å². The summed E-state index contributed by atoms with van der Waals surface area (Å²) in [6, 6.07) is 3.68. The van der Waals surface area contributed by atoms with Gasteiger partial charge in [-0.3, -0.25) is 29.8 Å². The van der Waals surface area contributed by atoms with Gasteiger partial charge in [0.2, 0.25) is 17.7 Å². The van der Waals surface area contributed by atoms with E-state index in [0.717, 1.165) is 6.42 Å². The molecule has 2 rings (SSSR count). The molecule has 0 saturated carbocycles. The van der Waals surface area contributed by atoms with E-state index in [4.69, 9.17) is 5.73 Å². The molecule has 0 aliphatic carbocycles. The van der Waals surface area contributed by atoms with Crippen molar-refractivity contribution in [2.45, 2.75) is 44.8 Å². The molecule has 1 fully saturated rings. The Bertz CT molecular complexity index is 734. The number of amides is 3. The van der Waals surface area contributed by atoms with Gasteiger partial charge in [0.05, 0.1) is 11.0 Å². The zero-order valence-corrected chi connectivity index (χ0v) is 15.2. The molecular weight excluding hydrogens is 354 g/mol. The van der Waals surface area contributed by atoms with E-state index in [1.165, 1.54) is 26.0 Å². The van der Waals surface area contributed by atoms with Crippen LogP contribution < -0.4 is 21.3 Å². The first kappa shape index (κ1) is 20.3. The first-order valence-corrected chi connectivity index (χ1v) is 8.62. The van der Waals surface area contributed by atoms with Crippen molar-refractivity contribution in [3.8, 4) is 0 Å². The molecule has 27 heavy (non-hydrogen) atoms. The van der Waals surface area contributed by atoms with Crippen LogP contribution in [0.1, 0.15) is 26.7 Å². The van der Waals surface area contributed by atoms with Gasteiger partial charge in [0, 0.05) is 24.4 Å². The van der Waals surface area contributed by atoms with E-state index in [1.807, 2.05) is 0 Å². The fraction of sp³-hybridized carbons (Fsp3) is 0.471. The average molecular weight is 377 g/mol. The van der Waals surface area contributed by atoms with Crippen LogP contribution in [0.3, 0.4) is 0 Å². The lowest BCUT2D eigenvalue weighted by molar-refractivity contribution is -0.384. The number of non-ortho nitro benzene ring substituents is 1. The molecule has 0 aromatic heterocycles. The first-order chi connectivity index (χ1) is 12.7. The molecule has 1 aliphatic heterocycles. The SMILES string of the molecule is C[C@H](N)C(=O)N[C@@H](C)C(=O)NC(=O)[C@@H]1CCCN1c1ccc([N+](=O)[O-])cc1. The van der Waals surface area contributed by atoms with Crippen LogP contribution in [0.4, 0.5) is 11.4 Å². The van der Waals surface area contributed by atoms with Crippen molar-refractivity contribution in [3.05, 3.63) is 34.4 Å². The predicted molar refractivity (Wildman–Crippen MR) is 97.9 cm³/mol. The summed E-state index contributed by atoms with van der Waals surface area (Å²) in [7, 11) is 0. The van der Waals surface area contributed by atoms with Crippen molar-refractivity contribution in [2.24, 2.45) is 5.73 Å². The molecule has 146 valence electrons. The third-order valence-corrected chi connectivity index (χ3v) is 4.36. The maximum atomic E-state index is 12.5. The molecular formula is C17H23N5O5. The second kappa shape index (κ2) is 8.58. The fourth-order valence-corrected chi connectivity index (χ4v) is 2.84. The van der Waals surface area contributed by atoms with E-state index in [1.54, 1.807) is 17.0 Å². The second-order valence-corrected chi connectivity index (χ2v) is 6.50. The molecule has 0 bridgehead atoms. The summed E-state index contributed by atoms with van der Waals surface area (Å²) in [4.78, 5) is 48.3. The van der Waals surface area contributed by atoms with Gasteiger partial charge >= 0.3 is 0 Å². The van der Waals surface area contributed by atoms with Crippen LogP contribution in [0, 0.1) is 10.1 Å². The molecule has 3 atom stereocenters. The number of carbonyl (C=O) groups is 3. The minimum Gasteiger partial charge on any atom is -0.360 e. The lowest BCUT2D eigenvalue weighted by Gasteiger charge is -2.26. The van der Waals surface area contributed by atoms with Crippen LogP contribution in [0.2, 0.25) is 0 Å². The normalized spacial score (nSPS) is 18.5. The topological polar surface area (TPSA) is 148 Å². The number of nitrogens with zero attached hydrogens (tertiary/aromatic N) is 2. The van der Waals surface area contributed by atoms with Gasteiger partial charge in [-0.15, -0.1) is 0 Å². The molecule has 0 unspecified atom stereocenters. The quantitative estimate of drug-likeness (QED) is 0.469. The van der Waals surface area contributed by atoms with Crippen molar-refractivity contribution in [2.75, 3.05) is 11.4 Å². The van der Waals surface area contributed by atoms with Gasteiger partial charge in [0.25, 0.3) is 5.69 Å². The lowest BCUT2D eigenvalue weighted by Crippen LogP contribution is -2.53. The summed E-state index contributed by atoms with van der Waals surface area (Å²) in [5.74, 6) is -1.58. The Labute approximate surface area is 156 Å². The van der Waals surface area contributed by atoms with Gasteiger partial charge < -0.3 is 16.0 Å². The number of nitro benzene ring substituents is 1. The van der Waals surface area contributed by atoms with Crippen LogP contribution in [0.15, 0.2) is 24.3 Å². The largest absolute Gasteiger partial charge is 0.360 e. The van der Waals surface area contributed by atoms with E-state index in [0.29, 0.717) is 18.7 Å². The Morgan fingerprint density at radius 1 is 1.22 bits per heavy atom. The van der Waals surface area contributed by atoms with Crippen molar-refractivity contribution in [1.29, 1.82) is 0 Å². The number of nitrogens with two attached hydrogens (primary N) is 1. The molecule has 4 N–H and O–H groups in total. The van der Waals surface area contributed by atoms with Gasteiger partial charge in [-0.1, -0.05) is 0 Å². The second-order valence-electron chi connectivity index (χ2n) is 6.50. The maximum Gasteiger partial charge on any atom is 0.269 e. The molecule has 10 heteroatoms. The van der Waals surface area contributed by atoms with E-state index >= 15 is 0 Å². The Hall–Kier alpha value is -3.01. The standard InChI is InChI=1S/C17H23N5O5/c1-10(18)15(23)19-11(2)16(24)20-17(25)14-4-3-9-21(14)12-5-7-13(8-6-12)22(26)27/h5-8,10-11,14H,3-4,9,18H2,1-2H3,(H,19,23)(H,20,24,25)/t10-,11-,14-/m0/s1. The van der Waals surface area contributed by atoms with Gasteiger partial charge in [0.15, 0.2) is 0 Å². The van der Waals surface area contributed by atoms with Gasteiger partial charge in [0.1, 0.15) is 12.1 Å². The van der Waals surface area contributed by atoms with E-state index in [-0.39, 0.29) is 5.69 Å². The van der Waals surface area contributed by atoms with Gasteiger partial charge in [-0.25, -0.2) is 0 Å². The molecule has 0 radical (unpaired) electrons. The Kier molecular flexibility index (Phi) is 6.45. The molecule has 0 spiro atoms. The first-order valence-electron chi connectivity index (χ1n) is 8.62. The molecule has 1 aliphatic rings. The highest BCUT2D eigenvalue weighted by molar-refractivity contribution is 6.02. The Morgan fingerprint density at radius 3 is 2.41 bits per heavy atom. The smallest absolute Gasteiger partial charge is 0.269 e. The number of nitrogens with one attached hydrogen (secondary N) is 2. The number of rotatable bonds is 6. The third-order valence-electron chi connectivity index (χ3n) is 4.36. The summed E-state index contributed by atoms with van der Waals surface area (Å²) in [6.07, 6.45) is 1.30. The van der Waals surface area contributed by atoms with Crippen molar-refractivity contribution in [3.63, 3.8) is 0 Å². The van der Waals surface area contributed by atoms with E-state index < -0.39 is 40.8 Å². The van der Waals surface area contributed by atoms with Crippen LogP contribution in [-0.2, 0) is 14.4 Å². The van der Waals surface area contributed by atoms with Crippen LogP contribution in [-0.4, -0.2) is 47.3 Å². The number of carbonyl (C=O) groups excluding carboxylic acids is 3. The number of benzene rings is 1. The molecule has 1 heterocycles. The molecule has 1 saturated heterocycles. The highest BCUT2D eigenvalue weighted by Gasteiger charge is 2.33. The van der Waals surface area contributed by atoms with Crippen LogP contribution in [0.5, 0.6) is 0 Å². The van der Waals surface area contributed by atoms with Crippen LogP contribution in [0.25, 0.3) is 0 Å². The van der Waals surface area contributed by atoms with Crippen LogP contribution >= 0.6 is 0 Å². The number of anilines is 1. The number of hydrogen-bond donors (Lipinski definition) is 3. The summed E-state index contributed by atoms with van der Waals surface area (Å²) < 4.78 is 0.